The van der Waals surface area contributed by atoms with Crippen LogP contribution in [-0.2, 0) is 9.53 Å². The Balaban J connectivity index is 2.52. The molecule has 2 unspecified atom stereocenters. The molecule has 0 saturated heterocycles. The summed E-state index contributed by atoms with van der Waals surface area (Å²) in [6.45, 7) is 12.2. The lowest BCUT2D eigenvalue weighted by Gasteiger charge is -2.19. The zero-order chi connectivity index (χ0) is 13.2. The van der Waals surface area contributed by atoms with Gasteiger partial charge in [0.2, 0.25) is 4.38 Å². The highest BCUT2D eigenvalue weighted by atomic mass is 32.2. The van der Waals surface area contributed by atoms with Crippen LogP contribution in [-0.4, -0.2) is 21.5 Å². The summed E-state index contributed by atoms with van der Waals surface area (Å²) in [6.07, 6.45) is 1.56. The highest BCUT2D eigenvalue weighted by molar-refractivity contribution is 8.23. The molecule has 0 radical (unpaired) electrons. The first kappa shape index (κ1) is 14.8. The van der Waals surface area contributed by atoms with E-state index in [-0.39, 0.29) is 22.6 Å². The third-order valence-corrected chi connectivity index (χ3v) is 4.39. The number of carbonyl (C=O) groups is 1. The highest BCUT2D eigenvalue weighted by Gasteiger charge is 2.43. The number of hydrogen-bond donors (Lipinski definition) is 0. The molecule has 1 aliphatic carbocycles. The molecule has 2 atom stereocenters. The smallest absolute Gasteiger partial charge is 0.220 e. The van der Waals surface area contributed by atoms with E-state index < -0.39 is 0 Å². The van der Waals surface area contributed by atoms with Crippen LogP contribution in [0.5, 0.6) is 0 Å². The molecule has 4 heteroatoms. The Bertz CT molecular complexity index is 305. The van der Waals surface area contributed by atoms with Crippen LogP contribution in [0.4, 0.5) is 0 Å². The molecule has 0 aliphatic heterocycles. The molecule has 1 rings (SSSR count). The predicted octanol–water partition coefficient (Wildman–Crippen LogP) is 3.64. The van der Waals surface area contributed by atoms with Crippen molar-refractivity contribution < 1.29 is 9.53 Å². The second-order valence-corrected chi connectivity index (χ2v) is 7.42. The Kier molecular flexibility index (Phi) is 4.90. The van der Waals surface area contributed by atoms with Crippen LogP contribution in [0.25, 0.3) is 0 Å². The van der Waals surface area contributed by atoms with Crippen molar-refractivity contribution in [3.05, 3.63) is 6.92 Å². The normalized spacial score (nSPS) is 25.4. The van der Waals surface area contributed by atoms with Crippen LogP contribution in [0.1, 0.15) is 40.5 Å². The summed E-state index contributed by atoms with van der Waals surface area (Å²) in [5, 5.41) is -0.0349. The molecule has 17 heavy (non-hydrogen) atoms. The monoisotopic (exact) mass is 273 g/mol. The molecule has 1 fully saturated rings. The van der Waals surface area contributed by atoms with E-state index >= 15 is 0 Å². The second kappa shape index (κ2) is 5.61. The average molecular weight is 273 g/mol. The van der Waals surface area contributed by atoms with Gasteiger partial charge in [0.15, 0.2) is 0 Å². The van der Waals surface area contributed by atoms with Gasteiger partial charge in [-0.25, -0.2) is 0 Å². The van der Waals surface area contributed by atoms with Gasteiger partial charge in [-0.3, -0.25) is 4.79 Å². The molecular formula is C13H21O2S2+. The van der Waals surface area contributed by atoms with E-state index in [9.17, 15) is 4.79 Å². The minimum absolute atomic E-state index is 0.0349. The molecule has 0 bridgehead atoms. The maximum atomic E-state index is 11.9. The summed E-state index contributed by atoms with van der Waals surface area (Å²) in [6, 6.07) is 0. The van der Waals surface area contributed by atoms with Gasteiger partial charge < -0.3 is 4.74 Å². The van der Waals surface area contributed by atoms with E-state index in [1.165, 1.54) is 11.8 Å². The number of ketones is 1. The number of Topliss-reactive ketones (excluding diaryl/α,β-unsaturated/α-hetero) is 1. The van der Waals surface area contributed by atoms with Gasteiger partial charge in [-0.2, -0.15) is 0 Å². The molecule has 0 aromatic rings. The van der Waals surface area contributed by atoms with E-state index in [1.807, 2.05) is 13.8 Å². The minimum Gasteiger partial charge on any atom is -0.476 e. The van der Waals surface area contributed by atoms with E-state index in [0.29, 0.717) is 16.7 Å². The largest absolute Gasteiger partial charge is 0.476 e. The molecule has 0 heterocycles. The quantitative estimate of drug-likeness (QED) is 0.579. The lowest BCUT2D eigenvalue weighted by molar-refractivity contribution is -0.117. The fourth-order valence-corrected chi connectivity index (χ4v) is 3.47. The van der Waals surface area contributed by atoms with Crippen molar-refractivity contribution in [2.75, 3.05) is 0 Å². The Labute approximate surface area is 114 Å². The van der Waals surface area contributed by atoms with E-state index in [2.05, 4.69) is 20.8 Å². The van der Waals surface area contributed by atoms with E-state index in [4.69, 9.17) is 17.0 Å². The van der Waals surface area contributed by atoms with Crippen LogP contribution in [0.2, 0.25) is 0 Å². The topological polar surface area (TPSA) is 26.3 Å². The summed E-state index contributed by atoms with van der Waals surface area (Å²) in [5.41, 5.74) is -0.0501. The van der Waals surface area contributed by atoms with Crippen LogP contribution >= 0.6 is 24.0 Å². The van der Waals surface area contributed by atoms with Gasteiger partial charge in [0.05, 0.1) is 18.3 Å². The van der Waals surface area contributed by atoms with Crippen LogP contribution in [0.3, 0.4) is 0 Å². The summed E-state index contributed by atoms with van der Waals surface area (Å²) < 4.78 is 5.89. The maximum Gasteiger partial charge on any atom is 0.220 e. The SMILES string of the molecule is [CH2+]C(C)(C)C1CC(=O)C(SC(=S)OC(C)C)C1. The van der Waals surface area contributed by atoms with Crippen molar-refractivity contribution in [2.45, 2.75) is 51.9 Å². The van der Waals surface area contributed by atoms with Gasteiger partial charge in [0.25, 0.3) is 0 Å². The number of ether oxygens (including phenoxy) is 1. The fraction of sp³-hybridized carbons (Fsp3) is 0.769. The minimum atomic E-state index is -0.0501. The zero-order valence-electron chi connectivity index (χ0n) is 11.0. The predicted molar refractivity (Wildman–Crippen MR) is 77.1 cm³/mol. The standard InChI is InChI=1S/C13H21O2S2/c1-8(2)15-12(16)17-11-7-9(6-10(11)14)13(3,4)5/h8-9,11H,3,6-7H2,1-2,4-5H3/q+1. The van der Waals surface area contributed by atoms with Crippen molar-refractivity contribution in [3.63, 3.8) is 0 Å². The molecule has 96 valence electrons. The Hall–Kier alpha value is -0.220. The maximum absolute atomic E-state index is 11.9. The number of thiocarbonyl (C=S) groups is 1. The van der Waals surface area contributed by atoms with Gasteiger partial charge in [0.1, 0.15) is 11.2 Å². The van der Waals surface area contributed by atoms with Crippen molar-refractivity contribution in [1.29, 1.82) is 0 Å². The second-order valence-electron chi connectivity index (χ2n) is 5.61. The van der Waals surface area contributed by atoms with Crippen LogP contribution in [0, 0.1) is 18.3 Å². The van der Waals surface area contributed by atoms with Gasteiger partial charge in [-0.05, 0) is 46.3 Å². The van der Waals surface area contributed by atoms with Crippen molar-refractivity contribution in [1.82, 2.24) is 0 Å². The first-order chi connectivity index (χ1) is 7.70. The Morgan fingerprint density at radius 3 is 2.59 bits per heavy atom. The summed E-state index contributed by atoms with van der Waals surface area (Å²) in [4.78, 5) is 11.9. The number of thioether (sulfide) groups is 1. The average Bonchev–Trinajstić information content (AvgIpc) is 2.45. The molecule has 0 spiro atoms. The molecule has 0 N–H and O–H groups in total. The van der Waals surface area contributed by atoms with Gasteiger partial charge >= 0.3 is 0 Å². The van der Waals surface area contributed by atoms with Gasteiger partial charge in [0, 0.05) is 12.3 Å². The molecule has 2 nitrogen and oxygen atoms in total. The summed E-state index contributed by atoms with van der Waals surface area (Å²) in [5.74, 6) is 0.640. The molecule has 0 aromatic carbocycles. The van der Waals surface area contributed by atoms with Gasteiger partial charge in [-0.15, -0.1) is 0 Å². The first-order valence-corrected chi connectivity index (χ1v) is 7.24. The van der Waals surface area contributed by atoms with E-state index in [0.717, 1.165) is 6.42 Å². The zero-order valence-corrected chi connectivity index (χ0v) is 12.6. The Morgan fingerprint density at radius 1 is 1.59 bits per heavy atom. The lowest BCUT2D eigenvalue weighted by atomic mass is 9.80. The van der Waals surface area contributed by atoms with Crippen LogP contribution < -0.4 is 0 Å². The number of carbonyl (C=O) groups excluding carboxylic acids is 1. The number of rotatable bonds is 3. The van der Waals surface area contributed by atoms with Crippen molar-refractivity contribution in [2.24, 2.45) is 11.3 Å². The molecule has 1 saturated carbocycles. The molecule has 0 amide bonds. The van der Waals surface area contributed by atoms with Crippen LogP contribution in [0.15, 0.2) is 0 Å². The lowest BCUT2D eigenvalue weighted by Crippen LogP contribution is -2.18. The van der Waals surface area contributed by atoms with Crippen molar-refractivity contribution >= 4 is 34.1 Å². The highest BCUT2D eigenvalue weighted by Crippen LogP contribution is 2.41. The van der Waals surface area contributed by atoms with Gasteiger partial charge in [-0.1, -0.05) is 11.8 Å². The third-order valence-electron chi connectivity index (χ3n) is 2.98. The van der Waals surface area contributed by atoms with Crippen molar-refractivity contribution in [3.8, 4) is 0 Å². The molecule has 1 aliphatic rings. The summed E-state index contributed by atoms with van der Waals surface area (Å²) in [7, 11) is 0. The third kappa shape index (κ3) is 4.51. The Morgan fingerprint density at radius 2 is 2.18 bits per heavy atom. The molecule has 0 aromatic heterocycles. The number of hydrogen-bond acceptors (Lipinski definition) is 4. The molecular weight excluding hydrogens is 252 g/mol. The van der Waals surface area contributed by atoms with E-state index in [1.54, 1.807) is 0 Å². The first-order valence-electron chi connectivity index (χ1n) is 5.95. The fourth-order valence-electron chi connectivity index (χ4n) is 1.89. The summed E-state index contributed by atoms with van der Waals surface area (Å²) >= 11 is 6.52.